The van der Waals surface area contributed by atoms with Crippen LogP contribution in [0.5, 0.6) is 0 Å². The first-order valence-corrected chi connectivity index (χ1v) is 5.71. The molecular formula is C11H19N. The first-order valence-electron chi connectivity index (χ1n) is 5.71. The fourth-order valence-electron chi connectivity index (χ4n) is 3.80. The van der Waals surface area contributed by atoms with Crippen LogP contribution < -0.4 is 0 Å². The lowest BCUT2D eigenvalue weighted by Gasteiger charge is -2.53. The lowest BCUT2D eigenvalue weighted by atomic mass is 9.73. The van der Waals surface area contributed by atoms with Gasteiger partial charge in [0.1, 0.15) is 0 Å². The van der Waals surface area contributed by atoms with E-state index >= 15 is 0 Å². The van der Waals surface area contributed by atoms with Crippen molar-refractivity contribution in [2.45, 2.75) is 57.0 Å². The second kappa shape index (κ2) is 2.73. The quantitative estimate of drug-likeness (QED) is 0.533. The van der Waals surface area contributed by atoms with Gasteiger partial charge in [0.15, 0.2) is 0 Å². The first-order chi connectivity index (χ1) is 5.95. The Morgan fingerprint density at radius 1 is 0.833 bits per heavy atom. The predicted octanol–water partition coefficient (Wildman–Crippen LogP) is 2.41. The third kappa shape index (κ3) is 0.953. The molecule has 4 atom stereocenters. The summed E-state index contributed by atoms with van der Waals surface area (Å²) in [5.41, 5.74) is 0. The van der Waals surface area contributed by atoms with E-state index in [0.717, 1.165) is 18.0 Å². The number of hydrogen-bond donors (Lipinski definition) is 0. The molecule has 0 aromatic heterocycles. The van der Waals surface area contributed by atoms with Gasteiger partial charge in [-0.05, 0) is 51.0 Å². The molecule has 0 aliphatic carbocycles. The SMILES string of the molecule is C1CC2CCC3CCCN2C3C1. The Balaban J connectivity index is 1.86. The molecule has 4 bridgehead atoms. The molecule has 0 N–H and O–H groups in total. The Labute approximate surface area is 75.1 Å². The van der Waals surface area contributed by atoms with E-state index in [-0.39, 0.29) is 0 Å². The smallest absolute Gasteiger partial charge is 0.0126 e. The van der Waals surface area contributed by atoms with E-state index in [1.54, 1.807) is 6.42 Å². The van der Waals surface area contributed by atoms with Crippen molar-refractivity contribution in [1.82, 2.24) is 4.90 Å². The van der Waals surface area contributed by atoms with Crippen molar-refractivity contribution in [1.29, 1.82) is 0 Å². The summed E-state index contributed by atoms with van der Waals surface area (Å²) in [6.45, 7) is 1.42. The summed E-state index contributed by atoms with van der Waals surface area (Å²) in [5, 5.41) is 0. The maximum Gasteiger partial charge on any atom is 0.0126 e. The predicted molar refractivity (Wildman–Crippen MR) is 50.1 cm³/mol. The molecule has 12 heavy (non-hydrogen) atoms. The highest BCUT2D eigenvalue weighted by atomic mass is 15.2. The van der Waals surface area contributed by atoms with Crippen LogP contribution in [0.3, 0.4) is 0 Å². The van der Waals surface area contributed by atoms with Crippen molar-refractivity contribution in [2.75, 3.05) is 6.54 Å². The first kappa shape index (κ1) is 7.37. The average molecular weight is 165 g/mol. The minimum atomic E-state index is 1.00. The Kier molecular flexibility index (Phi) is 1.68. The highest BCUT2D eigenvalue weighted by Gasteiger charge is 2.41. The number of hydrogen-bond acceptors (Lipinski definition) is 1. The molecule has 3 fully saturated rings. The molecule has 0 aromatic rings. The summed E-state index contributed by atoms with van der Waals surface area (Å²) in [6, 6.07) is 2.02. The van der Waals surface area contributed by atoms with Gasteiger partial charge in [-0.2, -0.15) is 0 Å². The zero-order valence-corrected chi connectivity index (χ0v) is 7.84. The monoisotopic (exact) mass is 165 g/mol. The van der Waals surface area contributed by atoms with Crippen LogP contribution >= 0.6 is 0 Å². The molecule has 3 aliphatic rings. The summed E-state index contributed by atoms with van der Waals surface area (Å²) in [4.78, 5) is 2.85. The van der Waals surface area contributed by atoms with E-state index in [1.165, 1.54) is 45.1 Å². The summed E-state index contributed by atoms with van der Waals surface area (Å²) in [7, 11) is 0. The fourth-order valence-corrected chi connectivity index (χ4v) is 3.80. The van der Waals surface area contributed by atoms with Gasteiger partial charge >= 0.3 is 0 Å². The summed E-state index contributed by atoms with van der Waals surface area (Å²) in [6.07, 6.45) is 10.6. The maximum absolute atomic E-state index is 2.85. The molecule has 0 aromatic carbocycles. The molecule has 3 aliphatic heterocycles. The largest absolute Gasteiger partial charge is 0.297 e. The van der Waals surface area contributed by atoms with Crippen LogP contribution in [0.1, 0.15) is 44.9 Å². The third-order valence-electron chi connectivity index (χ3n) is 4.34. The Morgan fingerprint density at radius 3 is 2.75 bits per heavy atom. The van der Waals surface area contributed by atoms with Crippen LogP contribution in [-0.2, 0) is 0 Å². The van der Waals surface area contributed by atoms with Gasteiger partial charge in [0.25, 0.3) is 0 Å². The number of piperidine rings is 3. The van der Waals surface area contributed by atoms with E-state index in [0.29, 0.717) is 0 Å². The van der Waals surface area contributed by atoms with E-state index in [4.69, 9.17) is 0 Å². The molecule has 68 valence electrons. The highest BCUT2D eigenvalue weighted by Crippen LogP contribution is 2.42. The molecular weight excluding hydrogens is 146 g/mol. The third-order valence-corrected chi connectivity index (χ3v) is 4.34. The van der Waals surface area contributed by atoms with E-state index < -0.39 is 0 Å². The highest BCUT2D eigenvalue weighted by molar-refractivity contribution is 4.96. The van der Waals surface area contributed by atoms with Crippen LogP contribution in [0, 0.1) is 5.92 Å². The number of rotatable bonds is 0. The molecule has 0 amide bonds. The van der Waals surface area contributed by atoms with Crippen LogP contribution in [0.2, 0.25) is 0 Å². The normalized spacial score (nSPS) is 52.0. The molecule has 1 heteroatoms. The summed E-state index contributed by atoms with van der Waals surface area (Å²) in [5.74, 6) is 1.09. The molecule has 1 nitrogen and oxygen atoms in total. The van der Waals surface area contributed by atoms with Crippen molar-refractivity contribution in [3.05, 3.63) is 0 Å². The van der Waals surface area contributed by atoms with Gasteiger partial charge in [0.05, 0.1) is 0 Å². The summed E-state index contributed by atoms with van der Waals surface area (Å²) >= 11 is 0. The van der Waals surface area contributed by atoms with Crippen molar-refractivity contribution in [3.63, 3.8) is 0 Å². The van der Waals surface area contributed by atoms with Crippen LogP contribution in [-0.4, -0.2) is 23.5 Å². The maximum atomic E-state index is 2.85. The van der Waals surface area contributed by atoms with Crippen molar-refractivity contribution in [2.24, 2.45) is 5.92 Å². The van der Waals surface area contributed by atoms with Gasteiger partial charge in [-0.3, -0.25) is 4.90 Å². The van der Waals surface area contributed by atoms with Crippen molar-refractivity contribution < 1.29 is 0 Å². The molecule has 3 saturated heterocycles. The number of nitrogens with zero attached hydrogens (tertiary/aromatic N) is 1. The van der Waals surface area contributed by atoms with Gasteiger partial charge in [-0.1, -0.05) is 6.42 Å². The Hall–Kier alpha value is -0.0400. The molecule has 0 radical (unpaired) electrons. The molecule has 3 rings (SSSR count). The topological polar surface area (TPSA) is 3.24 Å². The molecule has 4 unspecified atom stereocenters. The van der Waals surface area contributed by atoms with E-state index in [1.807, 2.05) is 0 Å². The van der Waals surface area contributed by atoms with Crippen LogP contribution in [0.4, 0.5) is 0 Å². The minimum absolute atomic E-state index is 1.00. The average Bonchev–Trinajstić information content (AvgIpc) is 2.07. The van der Waals surface area contributed by atoms with Gasteiger partial charge in [-0.15, -0.1) is 0 Å². The van der Waals surface area contributed by atoms with Crippen molar-refractivity contribution in [3.8, 4) is 0 Å². The van der Waals surface area contributed by atoms with E-state index in [2.05, 4.69) is 4.90 Å². The van der Waals surface area contributed by atoms with Gasteiger partial charge in [-0.25, -0.2) is 0 Å². The molecule has 0 saturated carbocycles. The van der Waals surface area contributed by atoms with E-state index in [9.17, 15) is 0 Å². The van der Waals surface area contributed by atoms with Gasteiger partial charge in [0.2, 0.25) is 0 Å². The zero-order chi connectivity index (χ0) is 7.97. The zero-order valence-electron chi connectivity index (χ0n) is 7.84. The fraction of sp³-hybridized carbons (Fsp3) is 1.00. The summed E-state index contributed by atoms with van der Waals surface area (Å²) < 4.78 is 0. The lowest BCUT2D eigenvalue weighted by molar-refractivity contribution is -0.0290. The van der Waals surface area contributed by atoms with Crippen LogP contribution in [0.25, 0.3) is 0 Å². The Bertz CT molecular complexity index is 158. The Morgan fingerprint density at radius 2 is 1.83 bits per heavy atom. The molecule has 0 spiro atoms. The van der Waals surface area contributed by atoms with Crippen LogP contribution in [0.15, 0.2) is 0 Å². The standard InChI is InChI=1S/C11H19N/c1-4-10-7-6-9-3-2-8-12(10)11(9)5-1/h9-11H,1-8H2. The second-order valence-electron chi connectivity index (χ2n) is 4.87. The van der Waals surface area contributed by atoms with Gasteiger partial charge in [0, 0.05) is 12.1 Å². The van der Waals surface area contributed by atoms with Crippen molar-refractivity contribution >= 4 is 0 Å². The minimum Gasteiger partial charge on any atom is -0.297 e. The van der Waals surface area contributed by atoms with Gasteiger partial charge < -0.3 is 0 Å². The molecule has 3 heterocycles. The second-order valence-corrected chi connectivity index (χ2v) is 4.87. The lowest BCUT2D eigenvalue weighted by Crippen LogP contribution is -2.56.